The van der Waals surface area contributed by atoms with Crippen molar-refractivity contribution in [3.8, 4) is 0 Å². The van der Waals surface area contributed by atoms with Gasteiger partial charge < -0.3 is 10.6 Å². The smallest absolute Gasteiger partial charge is 0.249 e. The predicted octanol–water partition coefficient (Wildman–Crippen LogP) is 4.08. The maximum Gasteiger partial charge on any atom is 0.249 e. The summed E-state index contributed by atoms with van der Waals surface area (Å²) in [6.07, 6.45) is 7.54. The Kier molecular flexibility index (Phi) is 6.39. The summed E-state index contributed by atoms with van der Waals surface area (Å²) in [7, 11) is -3.71. The normalized spacial score (nSPS) is 16.2. The van der Waals surface area contributed by atoms with Crippen molar-refractivity contribution in [1.29, 1.82) is 0 Å². The zero-order valence-electron chi connectivity index (χ0n) is 18.2. The molecule has 1 saturated heterocycles. The Morgan fingerprint density at radius 2 is 1.88 bits per heavy atom. The first-order chi connectivity index (χ1) is 16.0. The van der Waals surface area contributed by atoms with Crippen LogP contribution in [0, 0.1) is 0 Å². The van der Waals surface area contributed by atoms with Gasteiger partial charge in [-0.05, 0) is 37.6 Å². The molecule has 10 heteroatoms. The second kappa shape index (κ2) is 9.58. The fraction of sp³-hybridized carbons (Fsp3) is 0.348. The number of piperidine rings is 1. The highest BCUT2D eigenvalue weighted by Crippen LogP contribution is 2.33. The van der Waals surface area contributed by atoms with Gasteiger partial charge in [0.15, 0.2) is 5.13 Å². The molecule has 0 bridgehead atoms. The monoisotopic (exact) mass is 482 g/mol. The molecule has 0 unspecified atom stereocenters. The van der Waals surface area contributed by atoms with Crippen molar-refractivity contribution in [2.24, 2.45) is 0 Å². The van der Waals surface area contributed by atoms with Gasteiger partial charge in [0.05, 0.1) is 17.1 Å². The summed E-state index contributed by atoms with van der Waals surface area (Å²) in [5, 5.41) is 8.00. The maximum absolute atomic E-state index is 13.2. The summed E-state index contributed by atoms with van der Waals surface area (Å²) < 4.78 is 26.4. The maximum atomic E-state index is 13.2. The van der Waals surface area contributed by atoms with Gasteiger partial charge in [-0.15, -0.1) is 0 Å². The summed E-state index contributed by atoms with van der Waals surface area (Å²) in [4.78, 5) is 15.8. The standard InChI is InChI=1S/C23H26N6O2S2/c30-33(31,16-17-8-3-1-4-9-17)23-25-18(15-29-12-5-2-6-13-29)14-20(28-23)27-22-26-19-10-7-11-24-21(19)32-22/h1,3-4,7-10,14,24H,2,5-6,11-13,15-16H2,(H,25,26,27,28). The fourth-order valence-electron chi connectivity index (χ4n) is 4.02. The number of aromatic nitrogens is 3. The first-order valence-corrected chi connectivity index (χ1v) is 13.6. The summed E-state index contributed by atoms with van der Waals surface area (Å²) in [6, 6.07) is 11.0. The van der Waals surface area contributed by atoms with E-state index in [2.05, 4.69) is 30.5 Å². The minimum Gasteiger partial charge on any atom is -0.372 e. The Balaban J connectivity index is 1.45. The summed E-state index contributed by atoms with van der Waals surface area (Å²) in [5.74, 6) is 0.305. The van der Waals surface area contributed by atoms with Crippen LogP contribution in [0.25, 0.3) is 6.08 Å². The molecule has 1 aromatic carbocycles. The lowest BCUT2D eigenvalue weighted by Crippen LogP contribution is -2.29. The lowest BCUT2D eigenvalue weighted by Gasteiger charge is -2.26. The molecular weight excluding hydrogens is 456 g/mol. The van der Waals surface area contributed by atoms with Crippen LogP contribution in [0.3, 0.4) is 0 Å². The molecule has 172 valence electrons. The number of anilines is 3. The molecule has 33 heavy (non-hydrogen) atoms. The summed E-state index contributed by atoms with van der Waals surface area (Å²) in [5.41, 5.74) is 2.27. The minimum absolute atomic E-state index is 0.138. The van der Waals surface area contributed by atoms with Crippen molar-refractivity contribution in [3.63, 3.8) is 0 Å². The van der Waals surface area contributed by atoms with E-state index in [0.717, 1.165) is 43.2 Å². The summed E-state index contributed by atoms with van der Waals surface area (Å²) in [6.45, 7) is 3.36. The quantitative estimate of drug-likeness (QED) is 0.486. The van der Waals surface area contributed by atoms with E-state index in [1.807, 2.05) is 36.4 Å². The number of hydrogen-bond donors (Lipinski definition) is 2. The average Bonchev–Trinajstić information content (AvgIpc) is 3.22. The van der Waals surface area contributed by atoms with E-state index in [4.69, 9.17) is 0 Å². The van der Waals surface area contributed by atoms with Crippen LogP contribution in [-0.4, -0.2) is 47.9 Å². The van der Waals surface area contributed by atoms with Gasteiger partial charge >= 0.3 is 0 Å². The second-order valence-electron chi connectivity index (χ2n) is 8.25. The molecule has 5 rings (SSSR count). The van der Waals surface area contributed by atoms with Crippen LogP contribution in [0.2, 0.25) is 0 Å². The first-order valence-electron chi connectivity index (χ1n) is 11.1. The number of sulfone groups is 1. The highest BCUT2D eigenvalue weighted by atomic mass is 32.2. The number of rotatable bonds is 7. The van der Waals surface area contributed by atoms with Crippen LogP contribution >= 0.6 is 11.3 Å². The van der Waals surface area contributed by atoms with E-state index in [1.165, 1.54) is 17.8 Å². The lowest BCUT2D eigenvalue weighted by molar-refractivity contribution is 0.218. The number of hydrogen-bond acceptors (Lipinski definition) is 9. The number of benzene rings is 1. The number of thiazole rings is 1. The Morgan fingerprint density at radius 1 is 1.06 bits per heavy atom. The summed E-state index contributed by atoms with van der Waals surface area (Å²) >= 11 is 1.48. The first kappa shape index (κ1) is 22.0. The molecule has 8 nitrogen and oxygen atoms in total. The van der Waals surface area contributed by atoms with Gasteiger partial charge in [0.1, 0.15) is 10.8 Å². The van der Waals surface area contributed by atoms with Crippen molar-refractivity contribution in [2.45, 2.75) is 36.7 Å². The number of nitrogens with zero attached hydrogens (tertiary/aromatic N) is 4. The third kappa shape index (κ3) is 5.40. The molecule has 0 atom stereocenters. The lowest BCUT2D eigenvalue weighted by atomic mass is 10.1. The minimum atomic E-state index is -3.71. The van der Waals surface area contributed by atoms with E-state index >= 15 is 0 Å². The Morgan fingerprint density at radius 3 is 2.67 bits per heavy atom. The number of nitrogens with one attached hydrogen (secondary N) is 2. The number of likely N-dealkylation sites (tertiary alicyclic amines) is 1. The molecule has 2 aliphatic rings. The van der Waals surface area contributed by atoms with Crippen LogP contribution in [0.1, 0.15) is 36.2 Å². The third-order valence-corrected chi connectivity index (χ3v) is 8.01. The highest BCUT2D eigenvalue weighted by Gasteiger charge is 2.22. The van der Waals surface area contributed by atoms with Crippen molar-refractivity contribution in [1.82, 2.24) is 19.9 Å². The number of fused-ring (bicyclic) bond motifs is 1. The largest absolute Gasteiger partial charge is 0.372 e. The van der Waals surface area contributed by atoms with Crippen LogP contribution in [0.4, 0.5) is 16.0 Å². The predicted molar refractivity (Wildman–Crippen MR) is 131 cm³/mol. The van der Waals surface area contributed by atoms with Crippen molar-refractivity contribution in [2.75, 3.05) is 30.3 Å². The van der Waals surface area contributed by atoms with Gasteiger partial charge in [0.25, 0.3) is 0 Å². The van der Waals surface area contributed by atoms with Gasteiger partial charge in [0.2, 0.25) is 15.0 Å². The van der Waals surface area contributed by atoms with E-state index in [9.17, 15) is 8.42 Å². The molecule has 1 fully saturated rings. The molecule has 0 aliphatic carbocycles. The van der Waals surface area contributed by atoms with E-state index in [1.54, 1.807) is 12.1 Å². The zero-order valence-corrected chi connectivity index (χ0v) is 19.8. The molecule has 2 aromatic heterocycles. The topological polar surface area (TPSA) is 100 Å². The Bertz CT molecular complexity index is 1250. The molecule has 0 spiro atoms. The van der Waals surface area contributed by atoms with Crippen LogP contribution < -0.4 is 10.6 Å². The van der Waals surface area contributed by atoms with Gasteiger partial charge in [-0.1, -0.05) is 54.2 Å². The van der Waals surface area contributed by atoms with Gasteiger partial charge in [-0.3, -0.25) is 4.90 Å². The van der Waals surface area contributed by atoms with E-state index in [-0.39, 0.29) is 10.9 Å². The van der Waals surface area contributed by atoms with Crippen LogP contribution in [0.5, 0.6) is 0 Å². The fourth-order valence-corrected chi connectivity index (χ4v) is 6.14. The van der Waals surface area contributed by atoms with E-state index < -0.39 is 9.84 Å². The van der Waals surface area contributed by atoms with Gasteiger partial charge in [-0.25, -0.2) is 23.4 Å². The van der Waals surface area contributed by atoms with Crippen molar-refractivity contribution < 1.29 is 8.42 Å². The molecule has 0 radical (unpaired) electrons. The molecular formula is C23H26N6O2S2. The molecule has 2 aliphatic heterocycles. The van der Waals surface area contributed by atoms with Crippen molar-refractivity contribution >= 4 is 43.2 Å². The molecule has 3 aromatic rings. The van der Waals surface area contributed by atoms with Crippen LogP contribution in [-0.2, 0) is 22.1 Å². The van der Waals surface area contributed by atoms with E-state index in [0.29, 0.717) is 28.8 Å². The zero-order chi connectivity index (χ0) is 22.7. The van der Waals surface area contributed by atoms with Crippen LogP contribution in [0.15, 0.2) is 47.6 Å². The highest BCUT2D eigenvalue weighted by molar-refractivity contribution is 7.90. The van der Waals surface area contributed by atoms with Gasteiger partial charge in [0, 0.05) is 19.2 Å². The SMILES string of the molecule is O=S(=O)(Cc1ccccc1)c1nc(CN2CCCCC2)cc(Nc2nc3c(s2)NCC=C3)n1. The van der Waals surface area contributed by atoms with Crippen molar-refractivity contribution in [3.05, 3.63) is 59.4 Å². The third-order valence-electron chi connectivity index (χ3n) is 5.62. The molecule has 0 saturated carbocycles. The average molecular weight is 483 g/mol. The van der Waals surface area contributed by atoms with Gasteiger partial charge in [-0.2, -0.15) is 0 Å². The Labute approximate surface area is 197 Å². The Hall–Kier alpha value is -2.82. The molecule has 2 N–H and O–H groups in total. The second-order valence-corrected chi connectivity index (χ2v) is 11.1. The molecule has 0 amide bonds. The molecule has 4 heterocycles.